The van der Waals surface area contributed by atoms with E-state index in [1.54, 1.807) is 13.0 Å². The summed E-state index contributed by atoms with van der Waals surface area (Å²) in [5.74, 6) is 0.414. The van der Waals surface area contributed by atoms with E-state index >= 15 is 0 Å². The standard InChI is InChI=1S/C13H13BrClNO2S2/c1-9-12(6-13(14)19-9)20(17,18)16-8-11-4-2-3-10(5-11)7-15/h2-6,16H,7-8H2,1H3. The minimum Gasteiger partial charge on any atom is -0.207 e. The number of rotatable bonds is 5. The second-order valence-corrected chi connectivity index (χ2v) is 8.89. The van der Waals surface area contributed by atoms with Gasteiger partial charge in [-0.2, -0.15) is 0 Å². The molecule has 2 rings (SSSR count). The van der Waals surface area contributed by atoms with Crippen LogP contribution in [0.1, 0.15) is 16.0 Å². The van der Waals surface area contributed by atoms with Gasteiger partial charge in [-0.05, 0) is 40.0 Å². The third-order valence-corrected chi connectivity index (χ3v) is 6.26. The van der Waals surface area contributed by atoms with Crippen molar-refractivity contribution in [2.45, 2.75) is 24.2 Å². The van der Waals surface area contributed by atoms with E-state index in [9.17, 15) is 8.42 Å². The molecule has 2 aromatic rings. The van der Waals surface area contributed by atoms with Gasteiger partial charge in [0.05, 0.1) is 8.68 Å². The average molecular weight is 395 g/mol. The highest BCUT2D eigenvalue weighted by Gasteiger charge is 2.19. The number of halogens is 2. The fourth-order valence-corrected chi connectivity index (χ4v) is 5.37. The van der Waals surface area contributed by atoms with Crippen LogP contribution < -0.4 is 4.72 Å². The smallest absolute Gasteiger partial charge is 0.207 e. The summed E-state index contributed by atoms with van der Waals surface area (Å²) in [6.45, 7) is 2.04. The highest BCUT2D eigenvalue weighted by atomic mass is 79.9. The van der Waals surface area contributed by atoms with Crippen molar-refractivity contribution in [2.24, 2.45) is 0 Å². The maximum absolute atomic E-state index is 12.2. The van der Waals surface area contributed by atoms with E-state index in [0.29, 0.717) is 10.8 Å². The Morgan fingerprint density at radius 2 is 2.00 bits per heavy atom. The molecule has 0 saturated carbocycles. The minimum atomic E-state index is -3.49. The lowest BCUT2D eigenvalue weighted by Gasteiger charge is -2.07. The van der Waals surface area contributed by atoms with Crippen LogP contribution in [0, 0.1) is 6.92 Å². The molecule has 0 aliphatic carbocycles. The molecular formula is C13H13BrClNO2S2. The van der Waals surface area contributed by atoms with Crippen molar-refractivity contribution < 1.29 is 8.42 Å². The van der Waals surface area contributed by atoms with Crippen molar-refractivity contribution in [3.8, 4) is 0 Å². The van der Waals surface area contributed by atoms with Gasteiger partial charge in [0.25, 0.3) is 0 Å². The second-order valence-electron chi connectivity index (χ2n) is 4.25. The quantitative estimate of drug-likeness (QED) is 0.778. The third kappa shape index (κ3) is 3.83. The summed E-state index contributed by atoms with van der Waals surface area (Å²) in [6, 6.07) is 9.16. The second kappa shape index (κ2) is 6.58. The summed E-state index contributed by atoms with van der Waals surface area (Å²) >= 11 is 10.5. The Kier molecular flexibility index (Phi) is 5.25. The summed E-state index contributed by atoms with van der Waals surface area (Å²) < 4.78 is 27.9. The maximum Gasteiger partial charge on any atom is 0.242 e. The molecule has 20 heavy (non-hydrogen) atoms. The van der Waals surface area contributed by atoms with Gasteiger partial charge in [-0.1, -0.05) is 24.3 Å². The van der Waals surface area contributed by atoms with Gasteiger partial charge in [0.2, 0.25) is 10.0 Å². The Morgan fingerprint density at radius 3 is 2.60 bits per heavy atom. The van der Waals surface area contributed by atoms with Gasteiger partial charge < -0.3 is 0 Å². The number of thiophene rings is 1. The Hall–Kier alpha value is -0.400. The van der Waals surface area contributed by atoms with E-state index in [-0.39, 0.29) is 6.54 Å². The summed E-state index contributed by atoms with van der Waals surface area (Å²) in [7, 11) is -3.49. The lowest BCUT2D eigenvalue weighted by atomic mass is 10.1. The van der Waals surface area contributed by atoms with Crippen LogP contribution in [-0.4, -0.2) is 8.42 Å². The van der Waals surface area contributed by atoms with Crippen LogP contribution in [0.5, 0.6) is 0 Å². The maximum atomic E-state index is 12.2. The van der Waals surface area contributed by atoms with Crippen LogP contribution >= 0.6 is 38.9 Å². The molecule has 1 N–H and O–H groups in total. The van der Waals surface area contributed by atoms with Crippen LogP contribution in [0.4, 0.5) is 0 Å². The molecular weight excluding hydrogens is 382 g/mol. The SMILES string of the molecule is Cc1sc(Br)cc1S(=O)(=O)NCc1cccc(CCl)c1. The summed E-state index contributed by atoms with van der Waals surface area (Å²) in [5.41, 5.74) is 1.86. The van der Waals surface area contributed by atoms with Crippen LogP contribution in [0.25, 0.3) is 0 Å². The Balaban J connectivity index is 2.15. The van der Waals surface area contributed by atoms with Crippen LogP contribution in [0.2, 0.25) is 0 Å². The number of hydrogen-bond donors (Lipinski definition) is 1. The molecule has 108 valence electrons. The van der Waals surface area contributed by atoms with E-state index in [0.717, 1.165) is 19.8 Å². The molecule has 3 nitrogen and oxygen atoms in total. The first-order valence-corrected chi connectivity index (χ1v) is 9.44. The number of benzene rings is 1. The van der Waals surface area contributed by atoms with Crippen molar-refractivity contribution in [1.82, 2.24) is 4.72 Å². The number of sulfonamides is 1. The van der Waals surface area contributed by atoms with Crippen molar-refractivity contribution in [3.05, 3.63) is 50.1 Å². The average Bonchev–Trinajstić information content (AvgIpc) is 2.77. The van der Waals surface area contributed by atoms with E-state index in [4.69, 9.17) is 11.6 Å². The molecule has 0 saturated heterocycles. The minimum absolute atomic E-state index is 0.250. The first kappa shape index (κ1) is 16.0. The highest BCUT2D eigenvalue weighted by Crippen LogP contribution is 2.29. The molecule has 1 aromatic heterocycles. The summed E-state index contributed by atoms with van der Waals surface area (Å²) in [6.07, 6.45) is 0. The van der Waals surface area contributed by atoms with E-state index < -0.39 is 10.0 Å². The lowest BCUT2D eigenvalue weighted by Crippen LogP contribution is -2.23. The largest absolute Gasteiger partial charge is 0.242 e. The molecule has 0 unspecified atom stereocenters. The van der Waals surface area contributed by atoms with E-state index in [2.05, 4.69) is 20.7 Å². The molecule has 0 bridgehead atoms. The molecule has 7 heteroatoms. The Labute approximate surface area is 136 Å². The Morgan fingerprint density at radius 1 is 1.30 bits per heavy atom. The zero-order valence-corrected chi connectivity index (χ0v) is 14.7. The fourth-order valence-electron chi connectivity index (χ4n) is 1.78. The normalized spacial score (nSPS) is 11.8. The van der Waals surface area contributed by atoms with Crippen molar-refractivity contribution in [2.75, 3.05) is 0 Å². The number of alkyl halides is 1. The first-order valence-electron chi connectivity index (χ1n) is 5.82. The van der Waals surface area contributed by atoms with Gasteiger partial charge in [-0.15, -0.1) is 22.9 Å². The summed E-state index contributed by atoms with van der Waals surface area (Å²) in [5, 5.41) is 0. The predicted octanol–water partition coefficient (Wildman–Crippen LogP) is 4.04. The molecule has 0 aliphatic heterocycles. The van der Waals surface area contributed by atoms with Gasteiger partial charge in [-0.25, -0.2) is 13.1 Å². The molecule has 0 aliphatic rings. The molecule has 0 atom stereocenters. The highest BCUT2D eigenvalue weighted by molar-refractivity contribution is 9.11. The van der Waals surface area contributed by atoms with Crippen molar-refractivity contribution in [3.63, 3.8) is 0 Å². The monoisotopic (exact) mass is 393 g/mol. The third-order valence-electron chi connectivity index (χ3n) is 2.74. The first-order chi connectivity index (χ1) is 9.42. The number of hydrogen-bond acceptors (Lipinski definition) is 3. The van der Waals surface area contributed by atoms with Gasteiger partial charge in [0.1, 0.15) is 0 Å². The molecule has 0 spiro atoms. The molecule has 1 heterocycles. The molecule has 0 radical (unpaired) electrons. The van der Waals surface area contributed by atoms with Crippen molar-refractivity contribution in [1.29, 1.82) is 0 Å². The van der Waals surface area contributed by atoms with Gasteiger partial charge in [0.15, 0.2) is 0 Å². The van der Waals surface area contributed by atoms with Gasteiger partial charge in [0, 0.05) is 17.3 Å². The molecule has 0 amide bonds. The zero-order chi connectivity index (χ0) is 14.8. The van der Waals surface area contributed by atoms with Crippen molar-refractivity contribution >= 4 is 48.9 Å². The van der Waals surface area contributed by atoms with E-state index in [1.807, 2.05) is 24.3 Å². The number of aryl methyl sites for hydroxylation is 1. The topological polar surface area (TPSA) is 46.2 Å². The lowest BCUT2D eigenvalue weighted by molar-refractivity contribution is 0.581. The number of nitrogens with one attached hydrogen (secondary N) is 1. The zero-order valence-electron chi connectivity index (χ0n) is 10.7. The van der Waals surface area contributed by atoms with Gasteiger partial charge in [-0.3, -0.25) is 0 Å². The predicted molar refractivity (Wildman–Crippen MR) is 86.8 cm³/mol. The Bertz CT molecular complexity index is 713. The van der Waals surface area contributed by atoms with E-state index in [1.165, 1.54) is 11.3 Å². The molecule has 1 aromatic carbocycles. The van der Waals surface area contributed by atoms with Crippen LogP contribution in [-0.2, 0) is 22.4 Å². The molecule has 0 fully saturated rings. The van der Waals surface area contributed by atoms with Gasteiger partial charge >= 0.3 is 0 Å². The van der Waals surface area contributed by atoms with Crippen LogP contribution in [0.3, 0.4) is 0 Å². The summed E-state index contributed by atoms with van der Waals surface area (Å²) in [4.78, 5) is 1.08. The van der Waals surface area contributed by atoms with Crippen LogP contribution in [0.15, 0.2) is 39.0 Å². The fraction of sp³-hybridized carbons (Fsp3) is 0.231.